The van der Waals surface area contributed by atoms with Gasteiger partial charge in [0.2, 0.25) is 0 Å². The standard InChI is InChI=1S/C3H6N2S3/c1-7-3-5-4-2(6)8-3/h3,5H,1H3,(H,4,6). The van der Waals surface area contributed by atoms with Crippen molar-refractivity contribution in [3.05, 3.63) is 0 Å². The first-order valence-corrected chi connectivity index (χ1v) is 4.65. The van der Waals surface area contributed by atoms with Crippen LogP contribution in [0, 0.1) is 0 Å². The van der Waals surface area contributed by atoms with E-state index in [1.807, 2.05) is 6.26 Å². The molecule has 2 nitrogen and oxygen atoms in total. The maximum Gasteiger partial charge on any atom is 0.150 e. The topological polar surface area (TPSA) is 24.1 Å². The van der Waals surface area contributed by atoms with Crippen molar-refractivity contribution in [1.82, 2.24) is 10.9 Å². The third kappa shape index (κ3) is 1.51. The molecule has 1 rings (SSSR count). The summed E-state index contributed by atoms with van der Waals surface area (Å²) in [6, 6.07) is 0. The number of nitrogens with one attached hydrogen (secondary N) is 2. The molecule has 1 fully saturated rings. The second kappa shape index (κ2) is 2.91. The Morgan fingerprint density at radius 1 is 1.88 bits per heavy atom. The largest absolute Gasteiger partial charge is 0.305 e. The number of hydrazine groups is 1. The van der Waals surface area contributed by atoms with Crippen molar-refractivity contribution >= 4 is 40.1 Å². The van der Waals surface area contributed by atoms with Crippen LogP contribution < -0.4 is 10.9 Å². The summed E-state index contributed by atoms with van der Waals surface area (Å²) in [6.45, 7) is 0. The van der Waals surface area contributed by atoms with Crippen molar-refractivity contribution < 1.29 is 0 Å². The molecule has 0 aromatic rings. The molecule has 8 heavy (non-hydrogen) atoms. The highest BCUT2D eigenvalue weighted by atomic mass is 32.2. The number of thioether (sulfide) groups is 2. The summed E-state index contributed by atoms with van der Waals surface area (Å²) in [5.74, 6) is 0. The fourth-order valence-corrected chi connectivity index (χ4v) is 2.19. The molecule has 5 heteroatoms. The molecule has 46 valence electrons. The SMILES string of the molecule is CSC1NNC(=S)S1. The minimum atomic E-state index is 0.405. The first-order chi connectivity index (χ1) is 3.83. The zero-order chi connectivity index (χ0) is 5.98. The third-order valence-electron chi connectivity index (χ3n) is 0.720. The second-order valence-electron chi connectivity index (χ2n) is 1.24. The smallest absolute Gasteiger partial charge is 0.150 e. The van der Waals surface area contributed by atoms with Crippen molar-refractivity contribution in [2.24, 2.45) is 0 Å². The summed E-state index contributed by atoms with van der Waals surface area (Å²) in [5, 5.41) is 0. The lowest BCUT2D eigenvalue weighted by molar-refractivity contribution is 0.755. The first-order valence-electron chi connectivity index (χ1n) is 2.08. The third-order valence-corrected chi connectivity index (χ3v) is 3.17. The lowest BCUT2D eigenvalue weighted by atomic mass is 11.4. The molecule has 1 aliphatic heterocycles. The van der Waals surface area contributed by atoms with Crippen LogP contribution in [0.4, 0.5) is 0 Å². The molecular weight excluding hydrogens is 160 g/mol. The van der Waals surface area contributed by atoms with Crippen molar-refractivity contribution in [3.63, 3.8) is 0 Å². The number of hydrogen-bond acceptors (Lipinski definition) is 4. The fraction of sp³-hybridized carbons (Fsp3) is 0.667. The molecule has 0 spiro atoms. The van der Waals surface area contributed by atoms with Gasteiger partial charge >= 0.3 is 0 Å². The minimum absolute atomic E-state index is 0.405. The number of hydrogen-bond donors (Lipinski definition) is 2. The Morgan fingerprint density at radius 3 is 2.88 bits per heavy atom. The van der Waals surface area contributed by atoms with Gasteiger partial charge in [-0.15, -0.1) is 11.8 Å². The summed E-state index contributed by atoms with van der Waals surface area (Å²) in [6.07, 6.45) is 2.04. The van der Waals surface area contributed by atoms with E-state index in [-0.39, 0.29) is 0 Å². The van der Waals surface area contributed by atoms with E-state index in [0.717, 1.165) is 4.32 Å². The van der Waals surface area contributed by atoms with Crippen LogP contribution in [0.5, 0.6) is 0 Å². The van der Waals surface area contributed by atoms with E-state index in [1.54, 1.807) is 23.5 Å². The molecule has 2 N–H and O–H groups in total. The predicted octanol–water partition coefficient (Wildman–Crippen LogP) is 0.759. The van der Waals surface area contributed by atoms with E-state index in [1.165, 1.54) is 0 Å². The van der Waals surface area contributed by atoms with E-state index in [9.17, 15) is 0 Å². The molecule has 1 atom stereocenters. The molecule has 1 saturated heterocycles. The zero-order valence-corrected chi connectivity index (χ0v) is 6.75. The van der Waals surface area contributed by atoms with Gasteiger partial charge in [-0.3, -0.25) is 0 Å². The van der Waals surface area contributed by atoms with Gasteiger partial charge < -0.3 is 5.43 Å². The predicted molar refractivity (Wildman–Crippen MR) is 43.8 cm³/mol. The van der Waals surface area contributed by atoms with Crippen LogP contribution in [-0.4, -0.2) is 15.3 Å². The molecular formula is C3H6N2S3. The monoisotopic (exact) mass is 166 g/mol. The highest BCUT2D eigenvalue weighted by Gasteiger charge is 2.16. The highest BCUT2D eigenvalue weighted by molar-refractivity contribution is 8.30. The Bertz CT molecular complexity index is 105. The Hall–Kier alpha value is 0.550. The Kier molecular flexibility index (Phi) is 2.43. The Morgan fingerprint density at radius 2 is 2.62 bits per heavy atom. The molecule has 0 aromatic heterocycles. The van der Waals surface area contributed by atoms with Crippen LogP contribution in [0.15, 0.2) is 0 Å². The number of rotatable bonds is 1. The highest BCUT2D eigenvalue weighted by Crippen LogP contribution is 2.22. The van der Waals surface area contributed by atoms with Gasteiger partial charge in [0.05, 0.1) is 0 Å². The summed E-state index contributed by atoms with van der Waals surface area (Å²) < 4.78 is 1.24. The van der Waals surface area contributed by atoms with Crippen molar-refractivity contribution in [2.45, 2.75) is 4.71 Å². The van der Waals surface area contributed by atoms with E-state index in [2.05, 4.69) is 10.9 Å². The summed E-state index contributed by atoms with van der Waals surface area (Å²) in [5.41, 5.74) is 5.83. The average molecular weight is 166 g/mol. The van der Waals surface area contributed by atoms with Crippen molar-refractivity contribution in [3.8, 4) is 0 Å². The van der Waals surface area contributed by atoms with E-state index < -0.39 is 0 Å². The fourth-order valence-electron chi connectivity index (χ4n) is 0.381. The second-order valence-corrected chi connectivity index (χ2v) is 4.27. The van der Waals surface area contributed by atoms with Crippen LogP contribution in [0.2, 0.25) is 0 Å². The minimum Gasteiger partial charge on any atom is -0.305 e. The van der Waals surface area contributed by atoms with E-state index >= 15 is 0 Å². The molecule has 0 saturated carbocycles. The van der Waals surface area contributed by atoms with Gasteiger partial charge in [-0.25, -0.2) is 5.43 Å². The van der Waals surface area contributed by atoms with Crippen LogP contribution >= 0.6 is 35.7 Å². The molecule has 0 aliphatic carbocycles. The number of thiocarbonyl (C=S) groups is 1. The van der Waals surface area contributed by atoms with Crippen molar-refractivity contribution in [1.29, 1.82) is 0 Å². The first kappa shape index (κ1) is 6.67. The van der Waals surface area contributed by atoms with E-state index in [4.69, 9.17) is 12.2 Å². The maximum atomic E-state index is 4.84. The average Bonchev–Trinajstić information content (AvgIpc) is 2.14. The summed E-state index contributed by atoms with van der Waals surface area (Å²) >= 11 is 8.21. The lowest BCUT2D eigenvalue weighted by Crippen LogP contribution is -2.28. The van der Waals surface area contributed by atoms with Crippen LogP contribution in [0.1, 0.15) is 0 Å². The molecule has 0 bridgehead atoms. The van der Waals surface area contributed by atoms with Crippen molar-refractivity contribution in [2.75, 3.05) is 6.26 Å². The van der Waals surface area contributed by atoms with Gasteiger partial charge in [0.15, 0.2) is 0 Å². The van der Waals surface area contributed by atoms with Gasteiger partial charge in [-0.2, -0.15) is 0 Å². The van der Waals surface area contributed by atoms with Crippen LogP contribution in [0.25, 0.3) is 0 Å². The van der Waals surface area contributed by atoms with Gasteiger partial charge in [0.1, 0.15) is 9.03 Å². The van der Waals surface area contributed by atoms with Crippen LogP contribution in [0.3, 0.4) is 0 Å². The molecule has 0 aromatic carbocycles. The zero-order valence-electron chi connectivity index (χ0n) is 4.30. The molecule has 1 aliphatic rings. The van der Waals surface area contributed by atoms with Gasteiger partial charge in [0, 0.05) is 0 Å². The summed E-state index contributed by atoms with van der Waals surface area (Å²) in [7, 11) is 0. The van der Waals surface area contributed by atoms with Gasteiger partial charge in [0.25, 0.3) is 0 Å². The van der Waals surface area contributed by atoms with Gasteiger partial charge in [-0.05, 0) is 6.26 Å². The van der Waals surface area contributed by atoms with Crippen LogP contribution in [-0.2, 0) is 0 Å². The summed E-state index contributed by atoms with van der Waals surface area (Å²) in [4.78, 5) is 0. The molecule has 1 unspecified atom stereocenters. The molecule has 0 amide bonds. The normalized spacial score (nSPS) is 28.1. The molecule has 1 heterocycles. The quantitative estimate of drug-likeness (QED) is 0.560. The molecule has 0 radical (unpaired) electrons. The maximum absolute atomic E-state index is 4.84. The van der Waals surface area contributed by atoms with E-state index in [0.29, 0.717) is 4.71 Å². The lowest BCUT2D eigenvalue weighted by Gasteiger charge is -1.99. The Balaban J connectivity index is 2.32. The Labute approximate surface area is 62.1 Å². The van der Waals surface area contributed by atoms with Gasteiger partial charge in [-0.1, -0.05) is 24.0 Å².